The van der Waals surface area contributed by atoms with Crippen LogP contribution in [0.1, 0.15) is 0 Å². The van der Waals surface area contributed by atoms with Crippen LogP contribution in [0.2, 0.25) is 0 Å². The molecular weight excluding hydrogens is 396 g/mol. The number of fused-ring (bicyclic) bond motifs is 1. The summed E-state index contributed by atoms with van der Waals surface area (Å²) in [5, 5.41) is 3.06. The molecule has 0 atom stereocenters. The first-order chi connectivity index (χ1) is 13.9. The first-order valence-electron chi connectivity index (χ1n) is 8.72. The largest absolute Gasteiger partial charge is 0.419 e. The molecule has 3 heterocycles. The molecular formula is C18H18N6O4S. The van der Waals surface area contributed by atoms with E-state index in [0.717, 1.165) is 0 Å². The average molecular weight is 414 g/mol. The van der Waals surface area contributed by atoms with E-state index in [4.69, 9.17) is 4.42 Å². The van der Waals surface area contributed by atoms with Crippen LogP contribution in [0, 0.1) is 0 Å². The second-order valence-corrected chi connectivity index (χ2v) is 8.00. The SMILES string of the molecule is Cn1c(=O)oc2ccc(S(=O)(=O)NCCNc3cc(-n4cccc4)ncn3)cc21. The van der Waals surface area contributed by atoms with Crippen molar-refractivity contribution in [3.05, 3.63) is 65.7 Å². The summed E-state index contributed by atoms with van der Waals surface area (Å²) in [6, 6.07) is 9.82. The smallest absolute Gasteiger partial charge is 0.408 e. The Hall–Kier alpha value is -3.44. The second kappa shape index (κ2) is 7.53. The van der Waals surface area contributed by atoms with Gasteiger partial charge in [-0.25, -0.2) is 27.9 Å². The van der Waals surface area contributed by atoms with Crippen LogP contribution >= 0.6 is 0 Å². The highest BCUT2D eigenvalue weighted by atomic mass is 32.2. The molecule has 10 nitrogen and oxygen atoms in total. The van der Waals surface area contributed by atoms with Crippen molar-refractivity contribution in [2.24, 2.45) is 7.05 Å². The van der Waals surface area contributed by atoms with Gasteiger partial charge >= 0.3 is 5.76 Å². The minimum Gasteiger partial charge on any atom is -0.408 e. The molecule has 0 aliphatic rings. The number of nitrogens with one attached hydrogen (secondary N) is 2. The van der Waals surface area contributed by atoms with Crippen molar-refractivity contribution in [3.63, 3.8) is 0 Å². The van der Waals surface area contributed by atoms with Crippen LogP contribution < -0.4 is 15.8 Å². The van der Waals surface area contributed by atoms with E-state index in [-0.39, 0.29) is 11.4 Å². The van der Waals surface area contributed by atoms with Gasteiger partial charge in [0.2, 0.25) is 10.0 Å². The van der Waals surface area contributed by atoms with Gasteiger partial charge in [0.15, 0.2) is 5.58 Å². The molecule has 29 heavy (non-hydrogen) atoms. The van der Waals surface area contributed by atoms with E-state index in [1.54, 1.807) is 6.07 Å². The van der Waals surface area contributed by atoms with Crippen molar-refractivity contribution >= 4 is 26.9 Å². The summed E-state index contributed by atoms with van der Waals surface area (Å²) in [7, 11) is -2.22. The van der Waals surface area contributed by atoms with Gasteiger partial charge in [-0.3, -0.25) is 4.57 Å². The van der Waals surface area contributed by atoms with E-state index < -0.39 is 15.8 Å². The molecule has 150 valence electrons. The molecule has 3 aromatic heterocycles. The van der Waals surface area contributed by atoms with Gasteiger partial charge in [0.1, 0.15) is 18.0 Å². The lowest BCUT2D eigenvalue weighted by Crippen LogP contribution is -2.29. The third-order valence-electron chi connectivity index (χ3n) is 4.32. The Kier molecular flexibility index (Phi) is 4.91. The quantitative estimate of drug-likeness (QED) is 0.434. The average Bonchev–Trinajstić information content (AvgIpc) is 3.34. The van der Waals surface area contributed by atoms with Crippen molar-refractivity contribution < 1.29 is 12.8 Å². The van der Waals surface area contributed by atoms with Gasteiger partial charge in [0.25, 0.3) is 0 Å². The van der Waals surface area contributed by atoms with Crippen LogP contribution in [-0.2, 0) is 17.1 Å². The fourth-order valence-corrected chi connectivity index (χ4v) is 3.86. The summed E-state index contributed by atoms with van der Waals surface area (Å²) >= 11 is 0. The number of sulfonamides is 1. The summed E-state index contributed by atoms with van der Waals surface area (Å²) in [6.07, 6.45) is 5.17. The number of aryl methyl sites for hydroxylation is 1. The van der Waals surface area contributed by atoms with E-state index in [9.17, 15) is 13.2 Å². The van der Waals surface area contributed by atoms with E-state index in [2.05, 4.69) is 20.0 Å². The number of benzene rings is 1. The van der Waals surface area contributed by atoms with Crippen LogP contribution in [0.3, 0.4) is 0 Å². The number of hydrogen-bond donors (Lipinski definition) is 2. The second-order valence-electron chi connectivity index (χ2n) is 6.23. The zero-order valence-corrected chi connectivity index (χ0v) is 16.3. The summed E-state index contributed by atoms with van der Waals surface area (Å²) in [6.45, 7) is 0.474. The molecule has 0 unspecified atom stereocenters. The number of rotatable bonds is 7. The fraction of sp³-hybridized carbons (Fsp3) is 0.167. The molecule has 0 radical (unpaired) electrons. The van der Waals surface area contributed by atoms with E-state index in [1.165, 1.54) is 36.1 Å². The van der Waals surface area contributed by atoms with Gasteiger partial charge in [-0.05, 0) is 30.3 Å². The van der Waals surface area contributed by atoms with Crippen LogP contribution in [0.25, 0.3) is 16.9 Å². The molecule has 4 aromatic rings. The van der Waals surface area contributed by atoms with Crippen molar-refractivity contribution in [2.75, 3.05) is 18.4 Å². The number of anilines is 1. The predicted molar refractivity (Wildman–Crippen MR) is 106 cm³/mol. The molecule has 1 aromatic carbocycles. The Morgan fingerprint density at radius 1 is 1.10 bits per heavy atom. The minimum atomic E-state index is -3.74. The monoisotopic (exact) mass is 414 g/mol. The summed E-state index contributed by atoms with van der Waals surface area (Å²) in [5.41, 5.74) is 0.745. The number of nitrogens with zero attached hydrogens (tertiary/aromatic N) is 4. The molecule has 0 saturated heterocycles. The normalized spacial score (nSPS) is 11.8. The standard InChI is InChI=1S/C18H18N6O4S/c1-23-14-10-13(4-5-15(14)28-18(23)25)29(26,27)22-7-6-19-16-11-17(21-12-20-16)24-8-2-3-9-24/h2-5,8-12,22H,6-7H2,1H3,(H,19,20,21). The number of hydrogen-bond acceptors (Lipinski definition) is 7. The molecule has 0 aliphatic carbocycles. The summed E-state index contributed by atoms with van der Waals surface area (Å²) in [4.78, 5) is 19.9. The maximum atomic E-state index is 12.5. The molecule has 0 fully saturated rings. The predicted octanol–water partition coefficient (Wildman–Crippen LogP) is 1.10. The third kappa shape index (κ3) is 3.91. The fourth-order valence-electron chi connectivity index (χ4n) is 2.81. The Morgan fingerprint density at radius 2 is 1.90 bits per heavy atom. The highest BCUT2D eigenvalue weighted by Crippen LogP contribution is 2.17. The Morgan fingerprint density at radius 3 is 2.69 bits per heavy atom. The molecule has 0 aliphatic heterocycles. The molecule has 11 heteroatoms. The van der Waals surface area contributed by atoms with Gasteiger partial charge in [-0.1, -0.05) is 0 Å². The van der Waals surface area contributed by atoms with Crippen molar-refractivity contribution in [3.8, 4) is 5.82 Å². The van der Waals surface area contributed by atoms with Gasteiger partial charge in [0.05, 0.1) is 10.4 Å². The Labute approximate surface area is 165 Å². The highest BCUT2D eigenvalue weighted by molar-refractivity contribution is 7.89. The number of aromatic nitrogens is 4. The zero-order chi connectivity index (χ0) is 20.4. The van der Waals surface area contributed by atoms with Crippen LogP contribution in [0.15, 0.2) is 69.2 Å². The maximum Gasteiger partial charge on any atom is 0.419 e. The van der Waals surface area contributed by atoms with Gasteiger partial charge in [-0.15, -0.1) is 0 Å². The first-order valence-corrected chi connectivity index (χ1v) is 10.2. The highest BCUT2D eigenvalue weighted by Gasteiger charge is 2.16. The van der Waals surface area contributed by atoms with E-state index >= 15 is 0 Å². The Bertz CT molecular complexity index is 1310. The lowest BCUT2D eigenvalue weighted by atomic mass is 10.3. The lowest BCUT2D eigenvalue weighted by Gasteiger charge is -2.09. The van der Waals surface area contributed by atoms with Crippen molar-refractivity contribution in [1.82, 2.24) is 23.8 Å². The molecule has 0 bridgehead atoms. The van der Waals surface area contributed by atoms with Crippen molar-refractivity contribution in [1.29, 1.82) is 0 Å². The van der Waals surface area contributed by atoms with E-state index in [0.29, 0.717) is 29.3 Å². The maximum absolute atomic E-state index is 12.5. The van der Waals surface area contributed by atoms with E-state index in [1.807, 2.05) is 29.1 Å². The van der Waals surface area contributed by atoms with Crippen molar-refractivity contribution in [2.45, 2.75) is 4.90 Å². The topological polar surface area (TPSA) is 124 Å². The molecule has 0 spiro atoms. The number of oxazole rings is 1. The summed E-state index contributed by atoms with van der Waals surface area (Å²) < 4.78 is 35.7. The third-order valence-corrected chi connectivity index (χ3v) is 5.78. The minimum absolute atomic E-state index is 0.0540. The molecule has 0 saturated carbocycles. The Balaban J connectivity index is 1.40. The molecule has 2 N–H and O–H groups in total. The van der Waals surface area contributed by atoms with Gasteiger partial charge in [0, 0.05) is 38.6 Å². The van der Waals surface area contributed by atoms with Gasteiger partial charge in [-0.2, -0.15) is 0 Å². The summed E-state index contributed by atoms with van der Waals surface area (Å²) in [5.74, 6) is 0.737. The molecule has 0 amide bonds. The van der Waals surface area contributed by atoms with Crippen LogP contribution in [0.4, 0.5) is 5.82 Å². The lowest BCUT2D eigenvalue weighted by molar-refractivity contribution is 0.528. The van der Waals surface area contributed by atoms with Crippen LogP contribution in [-0.4, -0.2) is 40.6 Å². The molecule has 4 rings (SSSR count). The van der Waals surface area contributed by atoms with Crippen LogP contribution in [0.5, 0.6) is 0 Å². The zero-order valence-electron chi connectivity index (χ0n) is 15.4. The van der Waals surface area contributed by atoms with Gasteiger partial charge < -0.3 is 14.3 Å². The first kappa shape index (κ1) is 18.9.